The molecule has 0 heterocycles. The SMILES string of the molecule is CC(C)CC(C)OCc1ccc(C(C)C(=O)O)cc1. The fourth-order valence-corrected chi connectivity index (χ4v) is 2.02. The maximum atomic E-state index is 10.9. The molecular formula is C16H24O3. The highest BCUT2D eigenvalue weighted by Crippen LogP contribution is 2.17. The molecule has 0 radical (unpaired) electrons. The Morgan fingerprint density at radius 3 is 2.21 bits per heavy atom. The quantitative estimate of drug-likeness (QED) is 0.814. The third-order valence-electron chi connectivity index (χ3n) is 3.19. The Bertz CT molecular complexity index is 395. The van der Waals surface area contributed by atoms with Gasteiger partial charge in [0, 0.05) is 0 Å². The van der Waals surface area contributed by atoms with Gasteiger partial charge >= 0.3 is 5.97 Å². The molecule has 0 aromatic heterocycles. The Hall–Kier alpha value is -1.35. The van der Waals surface area contributed by atoms with Crippen LogP contribution in [0.4, 0.5) is 0 Å². The number of carboxylic acid groups (broad SMARTS) is 1. The zero-order valence-electron chi connectivity index (χ0n) is 12.2. The van der Waals surface area contributed by atoms with E-state index in [-0.39, 0.29) is 6.10 Å². The fraction of sp³-hybridized carbons (Fsp3) is 0.562. The zero-order valence-corrected chi connectivity index (χ0v) is 12.2. The molecule has 1 N–H and O–H groups in total. The van der Waals surface area contributed by atoms with Crippen LogP contribution in [-0.4, -0.2) is 17.2 Å². The van der Waals surface area contributed by atoms with E-state index < -0.39 is 11.9 Å². The first kappa shape index (κ1) is 15.7. The molecule has 0 aliphatic carbocycles. The van der Waals surface area contributed by atoms with Crippen molar-refractivity contribution in [1.29, 1.82) is 0 Å². The zero-order chi connectivity index (χ0) is 14.4. The van der Waals surface area contributed by atoms with E-state index >= 15 is 0 Å². The molecule has 19 heavy (non-hydrogen) atoms. The van der Waals surface area contributed by atoms with Crippen LogP contribution in [-0.2, 0) is 16.1 Å². The van der Waals surface area contributed by atoms with Crippen molar-refractivity contribution in [2.24, 2.45) is 5.92 Å². The van der Waals surface area contributed by atoms with Gasteiger partial charge in [-0.05, 0) is 37.3 Å². The predicted molar refractivity (Wildman–Crippen MR) is 76.2 cm³/mol. The summed E-state index contributed by atoms with van der Waals surface area (Å²) in [6, 6.07) is 7.61. The van der Waals surface area contributed by atoms with Gasteiger partial charge in [-0.15, -0.1) is 0 Å². The molecule has 3 nitrogen and oxygen atoms in total. The van der Waals surface area contributed by atoms with Crippen LogP contribution in [0, 0.1) is 5.92 Å². The summed E-state index contributed by atoms with van der Waals surface area (Å²) in [6.07, 6.45) is 1.30. The standard InChI is InChI=1S/C16H24O3/c1-11(2)9-12(3)19-10-14-5-7-15(8-6-14)13(4)16(17)18/h5-8,11-13H,9-10H2,1-4H3,(H,17,18). The van der Waals surface area contributed by atoms with Gasteiger partial charge in [-0.3, -0.25) is 4.79 Å². The summed E-state index contributed by atoms with van der Waals surface area (Å²) < 4.78 is 5.77. The third kappa shape index (κ3) is 5.43. The first-order chi connectivity index (χ1) is 8.90. The van der Waals surface area contributed by atoms with E-state index in [0.717, 1.165) is 17.5 Å². The van der Waals surface area contributed by atoms with Crippen LogP contribution in [0.15, 0.2) is 24.3 Å². The number of carboxylic acids is 1. The van der Waals surface area contributed by atoms with Gasteiger partial charge in [0.25, 0.3) is 0 Å². The molecule has 0 aliphatic rings. The highest BCUT2D eigenvalue weighted by Gasteiger charge is 2.13. The molecule has 3 heteroatoms. The second kappa shape index (κ2) is 7.29. The summed E-state index contributed by atoms with van der Waals surface area (Å²) in [6.45, 7) is 8.72. The van der Waals surface area contributed by atoms with Crippen LogP contribution in [0.25, 0.3) is 0 Å². The highest BCUT2D eigenvalue weighted by molar-refractivity contribution is 5.75. The molecule has 1 aromatic rings. The van der Waals surface area contributed by atoms with Gasteiger partial charge in [0.2, 0.25) is 0 Å². The van der Waals surface area contributed by atoms with Gasteiger partial charge in [-0.25, -0.2) is 0 Å². The molecule has 0 aliphatic heterocycles. The van der Waals surface area contributed by atoms with Crippen molar-refractivity contribution in [3.05, 3.63) is 35.4 Å². The van der Waals surface area contributed by atoms with E-state index in [1.54, 1.807) is 6.92 Å². The van der Waals surface area contributed by atoms with Gasteiger partial charge in [0.1, 0.15) is 0 Å². The summed E-state index contributed by atoms with van der Waals surface area (Å²) in [7, 11) is 0. The fourth-order valence-electron chi connectivity index (χ4n) is 2.02. The Morgan fingerprint density at radius 2 is 1.74 bits per heavy atom. The van der Waals surface area contributed by atoms with Gasteiger partial charge in [0.15, 0.2) is 0 Å². The highest BCUT2D eigenvalue weighted by atomic mass is 16.5. The molecule has 0 amide bonds. The lowest BCUT2D eigenvalue weighted by molar-refractivity contribution is -0.138. The molecule has 0 fully saturated rings. The van der Waals surface area contributed by atoms with E-state index in [9.17, 15) is 4.79 Å². The molecule has 0 saturated carbocycles. The van der Waals surface area contributed by atoms with Crippen LogP contribution in [0.2, 0.25) is 0 Å². The van der Waals surface area contributed by atoms with Gasteiger partial charge in [0.05, 0.1) is 18.6 Å². The minimum absolute atomic E-state index is 0.248. The molecule has 0 bridgehead atoms. The number of benzene rings is 1. The van der Waals surface area contributed by atoms with E-state index in [0.29, 0.717) is 12.5 Å². The number of carbonyl (C=O) groups is 1. The first-order valence-electron chi connectivity index (χ1n) is 6.83. The lowest BCUT2D eigenvalue weighted by Gasteiger charge is -2.15. The molecule has 0 spiro atoms. The van der Waals surface area contributed by atoms with Crippen molar-refractivity contribution in [2.75, 3.05) is 0 Å². The molecule has 2 atom stereocenters. The van der Waals surface area contributed by atoms with E-state index in [4.69, 9.17) is 9.84 Å². The van der Waals surface area contributed by atoms with Crippen molar-refractivity contribution in [2.45, 2.75) is 52.7 Å². The van der Waals surface area contributed by atoms with E-state index in [1.165, 1.54) is 0 Å². The summed E-state index contributed by atoms with van der Waals surface area (Å²) in [5.41, 5.74) is 1.91. The Labute approximate surface area is 115 Å². The lowest BCUT2D eigenvalue weighted by atomic mass is 10.0. The molecular weight excluding hydrogens is 240 g/mol. The summed E-state index contributed by atoms with van der Waals surface area (Å²) in [4.78, 5) is 10.9. The van der Waals surface area contributed by atoms with Crippen molar-refractivity contribution in [3.8, 4) is 0 Å². The van der Waals surface area contributed by atoms with Gasteiger partial charge in [-0.1, -0.05) is 38.1 Å². The van der Waals surface area contributed by atoms with Crippen LogP contribution in [0.3, 0.4) is 0 Å². The number of hydrogen-bond acceptors (Lipinski definition) is 2. The Morgan fingerprint density at radius 1 is 1.16 bits per heavy atom. The molecule has 106 valence electrons. The molecule has 0 saturated heterocycles. The molecule has 1 rings (SSSR count). The normalized spacial score (nSPS) is 14.4. The summed E-state index contributed by atoms with van der Waals surface area (Å²) in [5.74, 6) is -0.627. The third-order valence-corrected chi connectivity index (χ3v) is 3.19. The number of hydrogen-bond donors (Lipinski definition) is 1. The summed E-state index contributed by atoms with van der Waals surface area (Å²) in [5, 5.41) is 8.94. The maximum Gasteiger partial charge on any atom is 0.310 e. The first-order valence-corrected chi connectivity index (χ1v) is 6.83. The van der Waals surface area contributed by atoms with Crippen molar-refractivity contribution in [1.82, 2.24) is 0 Å². The smallest absolute Gasteiger partial charge is 0.310 e. The summed E-state index contributed by atoms with van der Waals surface area (Å²) >= 11 is 0. The van der Waals surface area contributed by atoms with Crippen LogP contribution in [0.1, 0.15) is 51.2 Å². The second-order valence-corrected chi connectivity index (χ2v) is 5.55. The molecule has 2 unspecified atom stereocenters. The van der Waals surface area contributed by atoms with Crippen LogP contribution < -0.4 is 0 Å². The van der Waals surface area contributed by atoms with E-state index in [2.05, 4.69) is 20.8 Å². The van der Waals surface area contributed by atoms with Crippen molar-refractivity contribution in [3.63, 3.8) is 0 Å². The minimum atomic E-state index is -0.797. The number of ether oxygens (including phenoxy) is 1. The van der Waals surface area contributed by atoms with Crippen LogP contribution in [0.5, 0.6) is 0 Å². The number of rotatable bonds is 7. The molecule has 1 aromatic carbocycles. The second-order valence-electron chi connectivity index (χ2n) is 5.55. The maximum absolute atomic E-state index is 10.9. The average Bonchev–Trinajstić information content (AvgIpc) is 2.35. The monoisotopic (exact) mass is 264 g/mol. The Kier molecular flexibility index (Phi) is 6.03. The largest absolute Gasteiger partial charge is 0.481 e. The van der Waals surface area contributed by atoms with Crippen molar-refractivity contribution < 1.29 is 14.6 Å². The predicted octanol–water partition coefficient (Wildman–Crippen LogP) is 3.83. The van der Waals surface area contributed by atoms with E-state index in [1.807, 2.05) is 24.3 Å². The topological polar surface area (TPSA) is 46.5 Å². The average molecular weight is 264 g/mol. The van der Waals surface area contributed by atoms with Crippen molar-refractivity contribution >= 4 is 5.97 Å². The van der Waals surface area contributed by atoms with Crippen LogP contribution >= 0.6 is 0 Å². The minimum Gasteiger partial charge on any atom is -0.481 e. The van der Waals surface area contributed by atoms with Gasteiger partial charge in [-0.2, -0.15) is 0 Å². The van der Waals surface area contributed by atoms with Gasteiger partial charge < -0.3 is 9.84 Å². The Balaban J connectivity index is 2.51. The number of aliphatic carboxylic acids is 1. The lowest BCUT2D eigenvalue weighted by Crippen LogP contribution is -2.11.